The van der Waals surface area contributed by atoms with Gasteiger partial charge in [0.05, 0.1) is 36.1 Å². The Bertz CT molecular complexity index is 1400. The molecule has 1 aliphatic heterocycles. The van der Waals surface area contributed by atoms with Crippen LogP contribution in [0.3, 0.4) is 0 Å². The highest BCUT2D eigenvalue weighted by molar-refractivity contribution is 7.07. The number of methoxy groups -OCH3 is 2. The van der Waals surface area contributed by atoms with Crippen molar-refractivity contribution in [2.75, 3.05) is 33.2 Å². The van der Waals surface area contributed by atoms with Crippen molar-refractivity contribution in [1.29, 1.82) is 0 Å². The third-order valence-corrected chi connectivity index (χ3v) is 6.55. The Kier molecular flexibility index (Phi) is 6.20. The van der Waals surface area contributed by atoms with Gasteiger partial charge in [-0.05, 0) is 48.4 Å². The number of thiazole rings is 1. The molecule has 0 saturated carbocycles. The lowest BCUT2D eigenvalue weighted by Crippen LogP contribution is -2.39. The number of hydrogen-bond acceptors (Lipinski definition) is 7. The van der Waals surface area contributed by atoms with Gasteiger partial charge in [0.2, 0.25) is 0 Å². The summed E-state index contributed by atoms with van der Waals surface area (Å²) in [6, 6.07) is 14.6. The van der Waals surface area contributed by atoms with E-state index < -0.39 is 12.0 Å². The minimum Gasteiger partial charge on any atom is -0.497 e. The average molecular weight is 464 g/mol. The van der Waals surface area contributed by atoms with Crippen molar-refractivity contribution in [2.24, 2.45) is 4.99 Å². The van der Waals surface area contributed by atoms with E-state index in [1.165, 1.54) is 18.4 Å². The number of esters is 1. The minimum atomic E-state index is -0.622. The maximum atomic E-state index is 13.5. The van der Waals surface area contributed by atoms with Crippen molar-refractivity contribution >= 4 is 29.1 Å². The molecular weight excluding hydrogens is 438 g/mol. The van der Waals surface area contributed by atoms with Crippen LogP contribution in [0.2, 0.25) is 0 Å². The molecule has 0 spiro atoms. The van der Waals surface area contributed by atoms with Crippen molar-refractivity contribution in [2.45, 2.75) is 13.0 Å². The van der Waals surface area contributed by atoms with Crippen LogP contribution in [0.4, 0.5) is 5.69 Å². The molecule has 0 unspecified atom stereocenters. The number of fused-ring (bicyclic) bond motifs is 1. The molecule has 33 heavy (non-hydrogen) atoms. The monoisotopic (exact) mass is 463 g/mol. The van der Waals surface area contributed by atoms with Gasteiger partial charge < -0.3 is 14.4 Å². The summed E-state index contributed by atoms with van der Waals surface area (Å²) in [5, 5.41) is 0. The van der Waals surface area contributed by atoms with Crippen LogP contribution in [0.5, 0.6) is 5.75 Å². The predicted molar refractivity (Wildman–Crippen MR) is 130 cm³/mol. The number of anilines is 1. The first kappa shape index (κ1) is 22.5. The quantitative estimate of drug-likeness (QED) is 0.544. The van der Waals surface area contributed by atoms with E-state index in [2.05, 4.69) is 4.99 Å². The summed E-state index contributed by atoms with van der Waals surface area (Å²) in [6.45, 7) is 1.77. The molecule has 0 fully saturated rings. The minimum absolute atomic E-state index is 0.204. The van der Waals surface area contributed by atoms with Gasteiger partial charge in [-0.15, -0.1) is 0 Å². The second kappa shape index (κ2) is 9.07. The van der Waals surface area contributed by atoms with Crippen LogP contribution in [0.15, 0.2) is 69.6 Å². The summed E-state index contributed by atoms with van der Waals surface area (Å²) >= 11 is 1.30. The number of carbonyl (C=O) groups is 1. The fraction of sp³-hybridized carbons (Fsp3) is 0.240. The summed E-state index contributed by atoms with van der Waals surface area (Å²) in [7, 11) is 6.87. The van der Waals surface area contributed by atoms with E-state index in [0.717, 1.165) is 22.6 Å². The summed E-state index contributed by atoms with van der Waals surface area (Å²) < 4.78 is 12.4. The van der Waals surface area contributed by atoms with Gasteiger partial charge in [-0.3, -0.25) is 9.36 Å². The van der Waals surface area contributed by atoms with Gasteiger partial charge in [0, 0.05) is 19.8 Å². The third-order valence-electron chi connectivity index (χ3n) is 5.57. The van der Waals surface area contributed by atoms with Crippen LogP contribution in [0.1, 0.15) is 24.1 Å². The fourth-order valence-corrected chi connectivity index (χ4v) is 4.86. The zero-order valence-electron chi connectivity index (χ0n) is 19.2. The summed E-state index contributed by atoms with van der Waals surface area (Å²) in [6.07, 6.45) is 1.83. The first-order chi connectivity index (χ1) is 15.8. The highest BCUT2D eigenvalue weighted by atomic mass is 32.1. The van der Waals surface area contributed by atoms with Crippen LogP contribution >= 0.6 is 11.3 Å². The lowest BCUT2D eigenvalue weighted by Gasteiger charge is -2.25. The summed E-state index contributed by atoms with van der Waals surface area (Å²) in [4.78, 5) is 33.4. The van der Waals surface area contributed by atoms with E-state index in [9.17, 15) is 9.59 Å². The highest BCUT2D eigenvalue weighted by Gasteiger charge is 2.33. The Hall–Kier alpha value is -3.65. The van der Waals surface area contributed by atoms with Gasteiger partial charge in [-0.25, -0.2) is 9.79 Å². The number of ether oxygens (including phenoxy) is 2. The molecule has 0 aliphatic carbocycles. The van der Waals surface area contributed by atoms with E-state index in [0.29, 0.717) is 20.6 Å². The van der Waals surface area contributed by atoms with E-state index in [1.807, 2.05) is 73.6 Å². The summed E-state index contributed by atoms with van der Waals surface area (Å²) in [5.74, 6) is 0.246. The van der Waals surface area contributed by atoms with Crippen molar-refractivity contribution in [3.63, 3.8) is 0 Å². The fourth-order valence-electron chi connectivity index (χ4n) is 3.81. The topological polar surface area (TPSA) is 73.1 Å². The van der Waals surface area contributed by atoms with Gasteiger partial charge >= 0.3 is 5.97 Å². The molecule has 0 N–H and O–H groups in total. The molecule has 0 amide bonds. The van der Waals surface area contributed by atoms with Crippen molar-refractivity contribution < 1.29 is 14.3 Å². The Balaban J connectivity index is 1.91. The number of allylic oxidation sites excluding steroid dienone is 1. The zero-order chi connectivity index (χ0) is 23.7. The molecule has 0 radical (unpaired) electrons. The zero-order valence-corrected chi connectivity index (χ0v) is 20.0. The molecule has 170 valence electrons. The lowest BCUT2D eigenvalue weighted by atomic mass is 9.95. The van der Waals surface area contributed by atoms with Crippen LogP contribution in [0, 0.1) is 0 Å². The van der Waals surface area contributed by atoms with E-state index in [4.69, 9.17) is 9.47 Å². The molecule has 1 aromatic heterocycles. The maximum Gasteiger partial charge on any atom is 0.338 e. The Morgan fingerprint density at radius 3 is 2.33 bits per heavy atom. The molecule has 0 saturated heterocycles. The SMILES string of the molecule is COC(=O)C1=C(C)N=c2s/c(=C/c3ccc(OC)cc3)c(=O)n2[C@H]1c1ccc(N(C)C)cc1. The first-order valence-corrected chi connectivity index (χ1v) is 11.2. The second-order valence-corrected chi connectivity index (χ2v) is 8.84. The Labute approximate surface area is 195 Å². The standard InChI is InChI=1S/C25H25N3O4S/c1-15-21(24(30)32-5)22(17-8-10-18(11-9-17)27(2)3)28-23(29)20(33-25(28)26-15)14-16-6-12-19(31-4)13-7-16/h6-14,22H,1-5H3/b20-14+/t22-/m0/s1. The van der Waals surface area contributed by atoms with Gasteiger partial charge in [0.1, 0.15) is 5.75 Å². The number of benzene rings is 2. The normalized spacial score (nSPS) is 15.7. The van der Waals surface area contributed by atoms with E-state index >= 15 is 0 Å². The number of hydrogen-bond donors (Lipinski definition) is 0. The first-order valence-electron chi connectivity index (χ1n) is 10.4. The Morgan fingerprint density at radius 2 is 1.76 bits per heavy atom. The smallest absolute Gasteiger partial charge is 0.338 e. The molecule has 2 heterocycles. The Morgan fingerprint density at radius 1 is 1.09 bits per heavy atom. The molecule has 0 bridgehead atoms. The molecule has 4 rings (SSSR count). The third kappa shape index (κ3) is 4.21. The largest absolute Gasteiger partial charge is 0.497 e. The number of aromatic nitrogens is 1. The highest BCUT2D eigenvalue weighted by Crippen LogP contribution is 2.31. The number of rotatable bonds is 5. The molecule has 8 heteroatoms. The molecule has 7 nitrogen and oxygen atoms in total. The number of carbonyl (C=O) groups excluding carboxylic acids is 1. The van der Waals surface area contributed by atoms with Crippen molar-refractivity contribution in [3.8, 4) is 5.75 Å². The molecular formula is C25H25N3O4S. The van der Waals surface area contributed by atoms with E-state index in [-0.39, 0.29) is 5.56 Å². The average Bonchev–Trinajstić information content (AvgIpc) is 3.12. The van der Waals surface area contributed by atoms with Crippen LogP contribution < -0.4 is 24.5 Å². The van der Waals surface area contributed by atoms with Crippen molar-refractivity contribution in [1.82, 2.24) is 4.57 Å². The van der Waals surface area contributed by atoms with Crippen LogP contribution in [-0.2, 0) is 9.53 Å². The molecule has 1 aliphatic rings. The number of nitrogens with zero attached hydrogens (tertiary/aromatic N) is 3. The van der Waals surface area contributed by atoms with Crippen LogP contribution in [0.25, 0.3) is 6.08 Å². The van der Waals surface area contributed by atoms with Crippen molar-refractivity contribution in [3.05, 3.63) is 90.6 Å². The maximum absolute atomic E-state index is 13.5. The van der Waals surface area contributed by atoms with Gasteiger partial charge in [0.15, 0.2) is 4.80 Å². The summed E-state index contributed by atoms with van der Waals surface area (Å²) in [5.41, 5.74) is 3.40. The van der Waals surface area contributed by atoms with Gasteiger partial charge in [0.25, 0.3) is 5.56 Å². The second-order valence-electron chi connectivity index (χ2n) is 7.83. The molecule has 3 aromatic rings. The molecule has 2 aromatic carbocycles. The molecule has 1 atom stereocenters. The lowest BCUT2D eigenvalue weighted by molar-refractivity contribution is -0.136. The van der Waals surface area contributed by atoms with Gasteiger partial charge in [-0.1, -0.05) is 35.6 Å². The predicted octanol–water partition coefficient (Wildman–Crippen LogP) is 2.48. The van der Waals surface area contributed by atoms with Gasteiger partial charge in [-0.2, -0.15) is 0 Å². The van der Waals surface area contributed by atoms with E-state index in [1.54, 1.807) is 18.6 Å². The van der Waals surface area contributed by atoms with Crippen LogP contribution in [-0.4, -0.2) is 38.9 Å².